The summed E-state index contributed by atoms with van der Waals surface area (Å²) >= 11 is 0. The summed E-state index contributed by atoms with van der Waals surface area (Å²) in [6.07, 6.45) is 9.34. The molecule has 0 aliphatic carbocycles. The van der Waals surface area contributed by atoms with Crippen LogP contribution >= 0.6 is 0 Å². The molecule has 0 unspecified atom stereocenters. The Morgan fingerprint density at radius 1 is 1.36 bits per heavy atom. The summed E-state index contributed by atoms with van der Waals surface area (Å²) in [5, 5.41) is 12.9. The summed E-state index contributed by atoms with van der Waals surface area (Å²) in [6, 6.07) is 8.69. The first-order valence-electron chi connectivity index (χ1n) is 8.61. The largest absolute Gasteiger partial charge is 0.294 e. The van der Waals surface area contributed by atoms with Crippen LogP contribution in [0.4, 0.5) is 0 Å². The van der Waals surface area contributed by atoms with Crippen molar-refractivity contribution in [1.82, 2.24) is 20.2 Å². The molecule has 25 heavy (non-hydrogen) atoms. The second-order valence-electron chi connectivity index (χ2n) is 6.45. The Morgan fingerprint density at radius 3 is 2.84 bits per heavy atom. The number of amides is 1. The number of aryl methyl sites for hydroxylation is 1. The molecule has 2 heterocycles. The standard InChI is InChI=1S/C19H24N4O2/c1-15-13-20-23(14-15)12-11-22-10-2-3-18(22)17-7-4-16(5-8-17)6-9-19(24)21-25/h4-9,13-14,18,25H,2-3,10-12H2,1H3,(H,21,24)/t18-/m0/s1. The molecular formula is C19H24N4O2. The quantitative estimate of drug-likeness (QED) is 0.482. The molecule has 1 fully saturated rings. The van der Waals surface area contributed by atoms with Gasteiger partial charge in [-0.1, -0.05) is 24.3 Å². The number of likely N-dealkylation sites (tertiary alicyclic amines) is 1. The van der Waals surface area contributed by atoms with Crippen molar-refractivity contribution in [3.05, 3.63) is 59.4 Å². The highest BCUT2D eigenvalue weighted by Crippen LogP contribution is 2.31. The van der Waals surface area contributed by atoms with E-state index in [1.807, 2.05) is 23.0 Å². The maximum absolute atomic E-state index is 11.0. The Morgan fingerprint density at radius 2 is 2.16 bits per heavy atom. The molecule has 1 aliphatic heterocycles. The Balaban J connectivity index is 1.61. The van der Waals surface area contributed by atoms with Crippen LogP contribution in [0, 0.1) is 6.92 Å². The highest BCUT2D eigenvalue weighted by molar-refractivity contribution is 5.90. The molecule has 1 saturated heterocycles. The van der Waals surface area contributed by atoms with Gasteiger partial charge < -0.3 is 0 Å². The molecule has 1 aromatic heterocycles. The van der Waals surface area contributed by atoms with E-state index in [0.717, 1.165) is 25.2 Å². The van der Waals surface area contributed by atoms with Crippen molar-refractivity contribution in [3.63, 3.8) is 0 Å². The average molecular weight is 340 g/mol. The van der Waals surface area contributed by atoms with E-state index >= 15 is 0 Å². The molecule has 3 rings (SSSR count). The molecule has 1 atom stereocenters. The second-order valence-corrected chi connectivity index (χ2v) is 6.45. The summed E-state index contributed by atoms with van der Waals surface area (Å²) in [5.41, 5.74) is 5.02. The lowest BCUT2D eigenvalue weighted by molar-refractivity contribution is -0.124. The van der Waals surface area contributed by atoms with E-state index in [2.05, 4.69) is 35.3 Å². The maximum atomic E-state index is 11.0. The Hall–Kier alpha value is -2.44. The summed E-state index contributed by atoms with van der Waals surface area (Å²) in [5.74, 6) is -0.528. The minimum atomic E-state index is -0.528. The van der Waals surface area contributed by atoms with Crippen LogP contribution in [0.15, 0.2) is 42.7 Å². The molecule has 132 valence electrons. The van der Waals surface area contributed by atoms with Gasteiger partial charge in [0.25, 0.3) is 5.91 Å². The third-order valence-electron chi connectivity index (χ3n) is 4.60. The van der Waals surface area contributed by atoms with Gasteiger partial charge in [0.05, 0.1) is 12.7 Å². The Bertz CT molecular complexity index is 736. The van der Waals surface area contributed by atoms with Crippen LogP contribution < -0.4 is 5.48 Å². The van der Waals surface area contributed by atoms with Crippen molar-refractivity contribution in [2.45, 2.75) is 32.4 Å². The number of carbonyl (C=O) groups excluding carboxylic acids is 1. The lowest BCUT2D eigenvalue weighted by atomic mass is 10.0. The molecular weight excluding hydrogens is 316 g/mol. The molecule has 6 heteroatoms. The molecule has 0 saturated carbocycles. The van der Waals surface area contributed by atoms with Crippen molar-refractivity contribution in [3.8, 4) is 0 Å². The van der Waals surface area contributed by atoms with Crippen LogP contribution in [0.2, 0.25) is 0 Å². The molecule has 0 radical (unpaired) electrons. The number of nitrogens with one attached hydrogen (secondary N) is 1. The molecule has 6 nitrogen and oxygen atoms in total. The number of carbonyl (C=O) groups is 1. The molecule has 2 aromatic rings. The molecule has 0 spiro atoms. The first-order chi connectivity index (χ1) is 12.2. The van der Waals surface area contributed by atoms with Gasteiger partial charge in [-0.25, -0.2) is 5.48 Å². The highest BCUT2D eigenvalue weighted by Gasteiger charge is 2.25. The van der Waals surface area contributed by atoms with E-state index in [1.54, 1.807) is 11.6 Å². The zero-order chi connectivity index (χ0) is 17.6. The van der Waals surface area contributed by atoms with Crippen LogP contribution in [0.5, 0.6) is 0 Å². The second kappa shape index (κ2) is 8.09. The summed E-state index contributed by atoms with van der Waals surface area (Å²) < 4.78 is 2.00. The maximum Gasteiger partial charge on any atom is 0.267 e. The van der Waals surface area contributed by atoms with Crippen molar-refractivity contribution in [2.24, 2.45) is 0 Å². The topological polar surface area (TPSA) is 70.4 Å². The number of benzene rings is 1. The van der Waals surface area contributed by atoms with Crippen molar-refractivity contribution in [2.75, 3.05) is 13.1 Å². The van der Waals surface area contributed by atoms with Gasteiger partial charge in [-0.15, -0.1) is 0 Å². The lowest BCUT2D eigenvalue weighted by Crippen LogP contribution is -2.27. The molecule has 1 amide bonds. The summed E-state index contributed by atoms with van der Waals surface area (Å²) in [4.78, 5) is 13.5. The minimum Gasteiger partial charge on any atom is -0.294 e. The number of hydroxylamine groups is 1. The fourth-order valence-electron chi connectivity index (χ4n) is 3.33. The minimum absolute atomic E-state index is 0.440. The van der Waals surface area contributed by atoms with E-state index in [-0.39, 0.29) is 0 Å². The van der Waals surface area contributed by atoms with Crippen LogP contribution in [0.3, 0.4) is 0 Å². The number of nitrogens with zero attached hydrogens (tertiary/aromatic N) is 3. The Kier molecular flexibility index (Phi) is 5.63. The fraction of sp³-hybridized carbons (Fsp3) is 0.368. The first kappa shape index (κ1) is 17.4. The highest BCUT2D eigenvalue weighted by atomic mass is 16.5. The van der Waals surface area contributed by atoms with E-state index in [4.69, 9.17) is 5.21 Å². The van der Waals surface area contributed by atoms with Gasteiger partial charge in [0, 0.05) is 24.9 Å². The van der Waals surface area contributed by atoms with E-state index in [1.165, 1.54) is 30.0 Å². The third kappa shape index (κ3) is 4.55. The SMILES string of the molecule is Cc1cnn(CCN2CCC[C@H]2c2ccc(C=CC(=O)NO)cc2)c1. The van der Waals surface area contributed by atoms with Crippen molar-refractivity contribution < 1.29 is 10.0 Å². The van der Waals surface area contributed by atoms with Crippen LogP contribution in [-0.2, 0) is 11.3 Å². The van der Waals surface area contributed by atoms with Crippen LogP contribution in [0.25, 0.3) is 6.08 Å². The molecule has 1 aliphatic rings. The molecule has 2 N–H and O–H groups in total. The van der Waals surface area contributed by atoms with Gasteiger partial charge in [-0.2, -0.15) is 5.10 Å². The van der Waals surface area contributed by atoms with Gasteiger partial charge in [0.15, 0.2) is 0 Å². The normalized spacial score (nSPS) is 18.1. The number of aromatic nitrogens is 2. The van der Waals surface area contributed by atoms with Crippen LogP contribution in [-0.4, -0.2) is 38.9 Å². The zero-order valence-corrected chi connectivity index (χ0v) is 14.4. The average Bonchev–Trinajstić information content (AvgIpc) is 3.27. The van der Waals surface area contributed by atoms with E-state index in [0.29, 0.717) is 6.04 Å². The van der Waals surface area contributed by atoms with Gasteiger partial charge >= 0.3 is 0 Å². The van der Waals surface area contributed by atoms with Gasteiger partial charge in [-0.3, -0.25) is 19.6 Å². The smallest absolute Gasteiger partial charge is 0.267 e. The predicted molar refractivity (Wildman–Crippen MR) is 95.9 cm³/mol. The van der Waals surface area contributed by atoms with Crippen molar-refractivity contribution in [1.29, 1.82) is 0 Å². The predicted octanol–water partition coefficient (Wildman–Crippen LogP) is 2.55. The van der Waals surface area contributed by atoms with Crippen molar-refractivity contribution >= 4 is 12.0 Å². The summed E-state index contributed by atoms with van der Waals surface area (Å²) in [7, 11) is 0. The number of hydrogen-bond donors (Lipinski definition) is 2. The van der Waals surface area contributed by atoms with Crippen LogP contribution in [0.1, 0.15) is 35.6 Å². The summed E-state index contributed by atoms with van der Waals surface area (Å²) in [6.45, 7) is 5.07. The number of hydrogen-bond acceptors (Lipinski definition) is 4. The van der Waals surface area contributed by atoms with Gasteiger partial charge in [0.2, 0.25) is 0 Å². The van der Waals surface area contributed by atoms with Gasteiger partial charge in [0.1, 0.15) is 0 Å². The fourth-order valence-corrected chi connectivity index (χ4v) is 3.33. The van der Waals surface area contributed by atoms with E-state index in [9.17, 15) is 4.79 Å². The first-order valence-corrected chi connectivity index (χ1v) is 8.61. The Labute approximate surface area is 147 Å². The van der Waals surface area contributed by atoms with E-state index < -0.39 is 5.91 Å². The monoisotopic (exact) mass is 340 g/mol. The molecule has 0 bridgehead atoms. The lowest BCUT2D eigenvalue weighted by Gasteiger charge is -2.24. The zero-order valence-electron chi connectivity index (χ0n) is 14.4. The molecule has 1 aromatic carbocycles. The number of rotatable bonds is 6. The third-order valence-corrected chi connectivity index (χ3v) is 4.60. The van der Waals surface area contributed by atoms with Gasteiger partial charge in [-0.05, 0) is 49.1 Å².